The number of anilines is 1. The van der Waals surface area contributed by atoms with Crippen LogP contribution < -0.4 is 9.64 Å². The Hall–Kier alpha value is -3.22. The number of fused-ring (bicyclic) bond motifs is 1. The molecule has 30 heavy (non-hydrogen) atoms. The molecular formula is C23H27N3O4. The Kier molecular flexibility index (Phi) is 5.79. The molecule has 1 amide bonds. The summed E-state index contributed by atoms with van der Waals surface area (Å²) >= 11 is 0. The van der Waals surface area contributed by atoms with Gasteiger partial charge in [0.15, 0.2) is 5.58 Å². The number of aromatic nitrogens is 1. The number of phenols is 1. The number of carbonyl (C=O) groups excluding carboxylic acids is 1. The zero-order chi connectivity index (χ0) is 21.1. The second-order valence-corrected chi connectivity index (χ2v) is 7.91. The van der Waals surface area contributed by atoms with E-state index < -0.39 is 0 Å². The van der Waals surface area contributed by atoms with Gasteiger partial charge in [-0.05, 0) is 48.6 Å². The van der Waals surface area contributed by atoms with E-state index in [1.54, 1.807) is 37.3 Å². The van der Waals surface area contributed by atoms with E-state index in [0.29, 0.717) is 19.0 Å². The Morgan fingerprint density at radius 2 is 2.20 bits per heavy atom. The van der Waals surface area contributed by atoms with Crippen molar-refractivity contribution in [2.24, 2.45) is 5.92 Å². The molecule has 0 saturated carbocycles. The van der Waals surface area contributed by atoms with Crippen LogP contribution in [0.25, 0.3) is 11.1 Å². The standard InChI is InChI=1S/C23H27N3O4/c1-25(14-16-5-3-7-18(27)11-16)22(28)12-17-6-4-10-26(15-17)23-24-20-13-19(29-2)8-9-21(20)30-23/h3,5,7-9,11,13,17,27H,4,6,10,12,14-15H2,1-2H3. The van der Waals surface area contributed by atoms with Gasteiger partial charge >= 0.3 is 0 Å². The van der Waals surface area contributed by atoms with Gasteiger partial charge in [0.05, 0.1) is 7.11 Å². The smallest absolute Gasteiger partial charge is 0.298 e. The number of carbonyl (C=O) groups is 1. The molecular weight excluding hydrogens is 382 g/mol. The highest BCUT2D eigenvalue weighted by Gasteiger charge is 2.26. The zero-order valence-corrected chi connectivity index (χ0v) is 17.4. The van der Waals surface area contributed by atoms with Crippen LogP contribution in [0.15, 0.2) is 46.9 Å². The molecule has 0 spiro atoms. The molecule has 158 valence electrons. The predicted molar refractivity (Wildman–Crippen MR) is 115 cm³/mol. The highest BCUT2D eigenvalue weighted by molar-refractivity contribution is 5.77. The highest BCUT2D eigenvalue weighted by atomic mass is 16.5. The van der Waals surface area contributed by atoms with Gasteiger partial charge in [0.25, 0.3) is 6.01 Å². The maximum atomic E-state index is 12.7. The lowest BCUT2D eigenvalue weighted by Crippen LogP contribution is -2.38. The first-order valence-corrected chi connectivity index (χ1v) is 10.2. The molecule has 3 aromatic rings. The molecule has 2 aromatic carbocycles. The van der Waals surface area contributed by atoms with Crippen LogP contribution in [0.3, 0.4) is 0 Å². The van der Waals surface area contributed by atoms with Crippen molar-refractivity contribution in [1.82, 2.24) is 9.88 Å². The topological polar surface area (TPSA) is 79.0 Å². The summed E-state index contributed by atoms with van der Waals surface area (Å²) in [5.74, 6) is 1.32. The summed E-state index contributed by atoms with van der Waals surface area (Å²) in [6.07, 6.45) is 2.49. The minimum atomic E-state index is 0.104. The first kappa shape index (κ1) is 20.1. The molecule has 1 unspecified atom stereocenters. The van der Waals surface area contributed by atoms with E-state index in [4.69, 9.17) is 9.15 Å². The van der Waals surface area contributed by atoms with Crippen molar-refractivity contribution < 1.29 is 19.1 Å². The summed E-state index contributed by atoms with van der Waals surface area (Å²) in [4.78, 5) is 21.2. The third kappa shape index (κ3) is 4.50. The molecule has 2 heterocycles. The number of methoxy groups -OCH3 is 1. The molecule has 4 rings (SSSR count). The van der Waals surface area contributed by atoms with Crippen LogP contribution in [-0.4, -0.2) is 48.1 Å². The quantitative estimate of drug-likeness (QED) is 0.667. The molecule has 7 heteroatoms. The Labute approximate surface area is 175 Å². The summed E-state index contributed by atoms with van der Waals surface area (Å²) in [6.45, 7) is 2.10. The summed E-state index contributed by atoms with van der Waals surface area (Å²) < 4.78 is 11.2. The molecule has 0 aliphatic carbocycles. The number of nitrogens with zero attached hydrogens (tertiary/aromatic N) is 3. The molecule has 0 radical (unpaired) electrons. The van der Waals surface area contributed by atoms with Crippen molar-refractivity contribution in [3.8, 4) is 11.5 Å². The fourth-order valence-electron chi connectivity index (χ4n) is 3.98. The molecule has 1 N–H and O–H groups in total. The molecule has 1 aliphatic rings. The van der Waals surface area contributed by atoms with Gasteiger partial charge in [0.1, 0.15) is 17.0 Å². The van der Waals surface area contributed by atoms with Crippen LogP contribution in [-0.2, 0) is 11.3 Å². The summed E-state index contributed by atoms with van der Waals surface area (Å²) in [5.41, 5.74) is 2.42. The van der Waals surface area contributed by atoms with Gasteiger partial charge in [-0.25, -0.2) is 0 Å². The van der Waals surface area contributed by atoms with Crippen LogP contribution >= 0.6 is 0 Å². The highest BCUT2D eigenvalue weighted by Crippen LogP contribution is 2.29. The van der Waals surface area contributed by atoms with Gasteiger partial charge < -0.3 is 24.1 Å². The van der Waals surface area contributed by atoms with Crippen LogP contribution in [0.4, 0.5) is 6.01 Å². The van der Waals surface area contributed by atoms with Crippen molar-refractivity contribution in [2.75, 3.05) is 32.1 Å². The molecule has 1 saturated heterocycles. The van der Waals surface area contributed by atoms with Gasteiger partial charge in [0.2, 0.25) is 5.91 Å². The second-order valence-electron chi connectivity index (χ2n) is 7.91. The first-order valence-electron chi connectivity index (χ1n) is 10.2. The van der Waals surface area contributed by atoms with Gasteiger partial charge in [-0.15, -0.1) is 0 Å². The largest absolute Gasteiger partial charge is 0.508 e. The van der Waals surface area contributed by atoms with Gasteiger partial charge in [0, 0.05) is 39.2 Å². The van der Waals surface area contributed by atoms with Crippen molar-refractivity contribution in [1.29, 1.82) is 0 Å². The van der Waals surface area contributed by atoms with Crippen LogP contribution in [0.5, 0.6) is 11.5 Å². The fraction of sp³-hybridized carbons (Fsp3) is 0.391. The number of phenolic OH excluding ortho intramolecular Hbond substituents is 1. The summed E-state index contributed by atoms with van der Waals surface area (Å²) in [7, 11) is 3.44. The zero-order valence-electron chi connectivity index (χ0n) is 17.4. The molecule has 1 aliphatic heterocycles. The number of piperidine rings is 1. The number of aromatic hydroxyl groups is 1. The Morgan fingerprint density at radius 3 is 3.00 bits per heavy atom. The molecule has 1 atom stereocenters. The van der Waals surface area contributed by atoms with Crippen LogP contribution in [0.2, 0.25) is 0 Å². The normalized spacial score (nSPS) is 16.6. The maximum Gasteiger partial charge on any atom is 0.298 e. The summed E-state index contributed by atoms with van der Waals surface area (Å²) in [6, 6.07) is 13.2. The lowest BCUT2D eigenvalue weighted by atomic mass is 9.94. The third-order valence-corrected chi connectivity index (χ3v) is 5.59. The van der Waals surface area contributed by atoms with Gasteiger partial charge in [-0.3, -0.25) is 4.79 Å². The minimum Gasteiger partial charge on any atom is -0.508 e. The van der Waals surface area contributed by atoms with E-state index in [1.165, 1.54) is 0 Å². The lowest BCUT2D eigenvalue weighted by molar-refractivity contribution is -0.131. The number of benzene rings is 2. The maximum absolute atomic E-state index is 12.7. The number of hydrogen-bond acceptors (Lipinski definition) is 6. The number of hydrogen-bond donors (Lipinski definition) is 1. The lowest BCUT2D eigenvalue weighted by Gasteiger charge is -2.32. The van der Waals surface area contributed by atoms with Crippen molar-refractivity contribution in [3.63, 3.8) is 0 Å². The van der Waals surface area contributed by atoms with Crippen molar-refractivity contribution in [2.45, 2.75) is 25.8 Å². The van der Waals surface area contributed by atoms with Crippen molar-refractivity contribution in [3.05, 3.63) is 48.0 Å². The Balaban J connectivity index is 1.38. The van der Waals surface area contributed by atoms with Crippen LogP contribution in [0.1, 0.15) is 24.8 Å². The predicted octanol–water partition coefficient (Wildman–Crippen LogP) is 3.81. The van der Waals surface area contributed by atoms with E-state index in [-0.39, 0.29) is 17.6 Å². The fourth-order valence-corrected chi connectivity index (χ4v) is 3.98. The number of amides is 1. The van der Waals surface area contributed by atoms with Gasteiger partial charge in [-0.2, -0.15) is 4.98 Å². The molecule has 1 aromatic heterocycles. The number of ether oxygens (including phenoxy) is 1. The SMILES string of the molecule is COc1ccc2oc(N3CCCC(CC(=O)N(C)Cc4cccc(O)c4)C3)nc2c1. The Morgan fingerprint density at radius 1 is 1.33 bits per heavy atom. The van der Waals surface area contributed by atoms with Crippen LogP contribution in [0, 0.1) is 5.92 Å². The summed E-state index contributed by atoms with van der Waals surface area (Å²) in [5, 5.41) is 9.61. The number of oxazole rings is 1. The molecule has 1 fully saturated rings. The monoisotopic (exact) mass is 409 g/mol. The third-order valence-electron chi connectivity index (χ3n) is 5.59. The van der Waals surface area contributed by atoms with E-state index >= 15 is 0 Å². The number of rotatable bonds is 6. The minimum absolute atomic E-state index is 0.104. The average molecular weight is 409 g/mol. The Bertz CT molecular complexity index is 1030. The first-order chi connectivity index (χ1) is 14.5. The van der Waals surface area contributed by atoms with Gasteiger partial charge in [-0.1, -0.05) is 12.1 Å². The average Bonchev–Trinajstić information content (AvgIpc) is 3.17. The van der Waals surface area contributed by atoms with E-state index in [2.05, 4.69) is 9.88 Å². The van der Waals surface area contributed by atoms with Crippen molar-refractivity contribution >= 4 is 23.0 Å². The molecule has 7 nitrogen and oxygen atoms in total. The van der Waals surface area contributed by atoms with E-state index in [9.17, 15) is 9.90 Å². The second kappa shape index (κ2) is 8.65. The van der Waals surface area contributed by atoms with E-state index in [0.717, 1.165) is 48.3 Å². The molecule has 0 bridgehead atoms. The van der Waals surface area contributed by atoms with E-state index in [1.807, 2.05) is 24.3 Å².